The topological polar surface area (TPSA) is 35.3 Å². The first-order valence-electron chi connectivity index (χ1n) is 4.21. The van der Waals surface area contributed by atoms with Crippen molar-refractivity contribution in [2.45, 2.75) is 6.61 Å². The second-order valence-electron chi connectivity index (χ2n) is 2.78. The van der Waals surface area contributed by atoms with Gasteiger partial charge < -0.3 is 9.26 Å². The normalized spacial score (nSPS) is 10.6. The number of halogens is 2. The van der Waals surface area contributed by atoms with Crippen LogP contribution in [-0.4, -0.2) is 11.8 Å². The molecule has 0 N–H and O–H groups in total. The van der Waals surface area contributed by atoms with Crippen LogP contribution < -0.4 is 4.74 Å². The zero-order valence-electron chi connectivity index (χ0n) is 7.56. The fourth-order valence-electron chi connectivity index (χ4n) is 1.19. The summed E-state index contributed by atoms with van der Waals surface area (Å²) in [5.41, 5.74) is 0.644. The van der Waals surface area contributed by atoms with E-state index in [0.717, 1.165) is 0 Å². The molecule has 1 heterocycles. The van der Waals surface area contributed by atoms with Crippen molar-refractivity contribution in [3.8, 4) is 17.1 Å². The molecular weight excluding hydrogens is 204 g/mol. The Morgan fingerprint density at radius 2 is 2.13 bits per heavy atom. The van der Waals surface area contributed by atoms with Crippen molar-refractivity contribution in [3.05, 3.63) is 36.5 Å². The predicted molar refractivity (Wildman–Crippen MR) is 48.6 cm³/mol. The van der Waals surface area contributed by atoms with Gasteiger partial charge in [0.15, 0.2) is 5.76 Å². The molecule has 0 spiro atoms. The molecular formula is C10H7F2NO2. The number of nitrogens with zero attached hydrogens (tertiary/aromatic N) is 1. The van der Waals surface area contributed by atoms with Crippen molar-refractivity contribution in [2.24, 2.45) is 0 Å². The number of hydrogen-bond donors (Lipinski definition) is 0. The monoisotopic (exact) mass is 211 g/mol. The maximum Gasteiger partial charge on any atom is 0.387 e. The molecule has 2 rings (SSSR count). The maximum absolute atomic E-state index is 11.9. The van der Waals surface area contributed by atoms with Crippen molar-refractivity contribution in [2.75, 3.05) is 0 Å². The van der Waals surface area contributed by atoms with Crippen LogP contribution in [-0.2, 0) is 0 Å². The molecule has 0 saturated heterocycles. The number of aromatic nitrogens is 1. The van der Waals surface area contributed by atoms with E-state index in [4.69, 9.17) is 4.52 Å². The first-order valence-corrected chi connectivity index (χ1v) is 4.21. The quantitative estimate of drug-likeness (QED) is 0.782. The first kappa shape index (κ1) is 9.64. The molecule has 0 bridgehead atoms. The summed E-state index contributed by atoms with van der Waals surface area (Å²) in [7, 11) is 0. The van der Waals surface area contributed by atoms with Gasteiger partial charge in [-0.3, -0.25) is 0 Å². The molecule has 0 atom stereocenters. The van der Waals surface area contributed by atoms with Gasteiger partial charge in [-0.05, 0) is 12.1 Å². The summed E-state index contributed by atoms with van der Waals surface area (Å²) in [5, 5.41) is 3.53. The molecule has 0 amide bonds. The Labute approximate surface area is 84.3 Å². The molecule has 2 aromatic rings. The minimum atomic E-state index is -2.82. The number of ether oxygens (including phenoxy) is 1. The summed E-state index contributed by atoms with van der Waals surface area (Å²) in [6.07, 6.45) is 1.48. The summed E-state index contributed by atoms with van der Waals surface area (Å²) in [6.45, 7) is -2.82. The molecule has 3 nitrogen and oxygen atoms in total. The maximum atomic E-state index is 11.9. The molecule has 0 unspecified atom stereocenters. The van der Waals surface area contributed by atoms with E-state index in [1.807, 2.05) is 0 Å². The Balaban J connectivity index is 2.27. The van der Waals surface area contributed by atoms with Gasteiger partial charge in [0.2, 0.25) is 0 Å². The third kappa shape index (κ3) is 2.31. The van der Waals surface area contributed by atoms with Gasteiger partial charge >= 0.3 is 6.61 Å². The van der Waals surface area contributed by atoms with Crippen LogP contribution in [0.5, 0.6) is 5.75 Å². The molecule has 0 radical (unpaired) electrons. The van der Waals surface area contributed by atoms with E-state index in [9.17, 15) is 8.78 Å². The van der Waals surface area contributed by atoms with Crippen LogP contribution >= 0.6 is 0 Å². The first-order chi connectivity index (χ1) is 7.25. The zero-order chi connectivity index (χ0) is 10.7. The zero-order valence-corrected chi connectivity index (χ0v) is 7.56. The van der Waals surface area contributed by atoms with Crippen molar-refractivity contribution in [1.82, 2.24) is 5.16 Å². The molecule has 1 aromatic carbocycles. The van der Waals surface area contributed by atoms with Crippen molar-refractivity contribution in [3.63, 3.8) is 0 Å². The van der Waals surface area contributed by atoms with Gasteiger partial charge in [-0.1, -0.05) is 17.3 Å². The van der Waals surface area contributed by atoms with Gasteiger partial charge in [-0.2, -0.15) is 8.78 Å². The Morgan fingerprint density at radius 1 is 1.27 bits per heavy atom. The van der Waals surface area contributed by atoms with Gasteiger partial charge in [0.25, 0.3) is 0 Å². The molecule has 15 heavy (non-hydrogen) atoms. The van der Waals surface area contributed by atoms with Gasteiger partial charge in [-0.25, -0.2) is 0 Å². The minimum Gasteiger partial charge on any atom is -0.435 e. The fraction of sp³-hybridized carbons (Fsp3) is 0.100. The predicted octanol–water partition coefficient (Wildman–Crippen LogP) is 2.94. The number of hydrogen-bond acceptors (Lipinski definition) is 3. The van der Waals surface area contributed by atoms with Crippen LogP contribution in [0.1, 0.15) is 0 Å². The average molecular weight is 211 g/mol. The number of benzene rings is 1. The van der Waals surface area contributed by atoms with E-state index in [0.29, 0.717) is 11.3 Å². The highest BCUT2D eigenvalue weighted by Crippen LogP contribution is 2.24. The van der Waals surface area contributed by atoms with Gasteiger partial charge in [-0.15, -0.1) is 0 Å². The lowest BCUT2D eigenvalue weighted by molar-refractivity contribution is -0.0498. The van der Waals surface area contributed by atoms with E-state index < -0.39 is 6.61 Å². The summed E-state index contributed by atoms with van der Waals surface area (Å²) in [4.78, 5) is 0. The Morgan fingerprint density at radius 3 is 2.80 bits per heavy atom. The van der Waals surface area contributed by atoms with Crippen molar-refractivity contribution in [1.29, 1.82) is 0 Å². The molecule has 0 aliphatic heterocycles. The summed E-state index contributed by atoms with van der Waals surface area (Å²) < 4.78 is 33.0. The lowest BCUT2D eigenvalue weighted by Gasteiger charge is -2.04. The second-order valence-corrected chi connectivity index (χ2v) is 2.78. The van der Waals surface area contributed by atoms with Gasteiger partial charge in [0.05, 0.1) is 6.20 Å². The highest BCUT2D eigenvalue weighted by Gasteiger charge is 2.07. The molecule has 0 fully saturated rings. The largest absolute Gasteiger partial charge is 0.435 e. The average Bonchev–Trinajstić information content (AvgIpc) is 2.69. The lowest BCUT2D eigenvalue weighted by Crippen LogP contribution is -2.01. The van der Waals surface area contributed by atoms with E-state index in [2.05, 4.69) is 9.89 Å². The fourth-order valence-corrected chi connectivity index (χ4v) is 1.19. The van der Waals surface area contributed by atoms with Crippen LogP contribution in [0.15, 0.2) is 41.1 Å². The van der Waals surface area contributed by atoms with E-state index in [1.54, 1.807) is 18.2 Å². The molecule has 0 aliphatic carbocycles. The minimum absolute atomic E-state index is 0.0962. The highest BCUT2D eigenvalue weighted by molar-refractivity contribution is 5.58. The van der Waals surface area contributed by atoms with Crippen LogP contribution in [0, 0.1) is 0 Å². The van der Waals surface area contributed by atoms with Crippen LogP contribution in [0.25, 0.3) is 11.3 Å². The molecule has 78 valence electrons. The summed E-state index contributed by atoms with van der Waals surface area (Å²) >= 11 is 0. The SMILES string of the molecule is FC(F)Oc1cccc(-c2ccno2)c1. The number of alkyl halides is 2. The number of rotatable bonds is 3. The van der Waals surface area contributed by atoms with E-state index in [1.165, 1.54) is 18.3 Å². The molecule has 5 heteroatoms. The van der Waals surface area contributed by atoms with E-state index in [-0.39, 0.29) is 5.75 Å². The Bertz CT molecular complexity index is 429. The van der Waals surface area contributed by atoms with E-state index >= 15 is 0 Å². The van der Waals surface area contributed by atoms with Gasteiger partial charge in [0.1, 0.15) is 5.75 Å². The molecule has 1 aromatic heterocycles. The van der Waals surface area contributed by atoms with Crippen LogP contribution in [0.4, 0.5) is 8.78 Å². The van der Waals surface area contributed by atoms with Crippen molar-refractivity contribution < 1.29 is 18.0 Å². The van der Waals surface area contributed by atoms with Crippen molar-refractivity contribution >= 4 is 0 Å². The smallest absolute Gasteiger partial charge is 0.387 e. The summed E-state index contributed by atoms with van der Waals surface area (Å²) in [6, 6.07) is 7.88. The van der Waals surface area contributed by atoms with Crippen LogP contribution in [0.2, 0.25) is 0 Å². The Kier molecular flexibility index (Phi) is 2.62. The van der Waals surface area contributed by atoms with Crippen LogP contribution in [0.3, 0.4) is 0 Å². The Hall–Kier alpha value is -1.91. The molecule has 0 aliphatic rings. The third-order valence-corrected chi connectivity index (χ3v) is 1.78. The third-order valence-electron chi connectivity index (χ3n) is 1.78. The summed E-state index contributed by atoms with van der Waals surface area (Å²) in [5.74, 6) is 0.605. The lowest BCUT2D eigenvalue weighted by atomic mass is 10.2. The second kappa shape index (κ2) is 4.08. The molecule has 0 saturated carbocycles. The van der Waals surface area contributed by atoms with Gasteiger partial charge in [0, 0.05) is 11.6 Å². The highest BCUT2D eigenvalue weighted by atomic mass is 19.3. The standard InChI is InChI=1S/C10H7F2NO2/c11-10(12)14-8-3-1-2-7(6-8)9-4-5-13-15-9/h1-6,10H.